The van der Waals surface area contributed by atoms with Gasteiger partial charge in [-0.3, -0.25) is 4.79 Å². The lowest BCUT2D eigenvalue weighted by Crippen LogP contribution is -2.53. The van der Waals surface area contributed by atoms with Crippen molar-refractivity contribution in [3.05, 3.63) is 65.1 Å². The fourth-order valence-electron chi connectivity index (χ4n) is 5.52. The zero-order valence-electron chi connectivity index (χ0n) is 22.8. The number of carbonyl (C=O) groups is 2. The van der Waals surface area contributed by atoms with E-state index in [0.29, 0.717) is 19.4 Å². The van der Waals surface area contributed by atoms with Gasteiger partial charge in [-0.05, 0) is 54.3 Å². The predicted octanol–water partition coefficient (Wildman–Crippen LogP) is 1.81. The van der Waals surface area contributed by atoms with E-state index in [1.165, 1.54) is 24.3 Å². The molecular weight excluding hydrogens is 568 g/mol. The Hall–Kier alpha value is -3.43. The molecule has 3 aliphatic heterocycles. The fraction of sp³-hybridized carbons (Fsp3) is 0.500. The van der Waals surface area contributed by atoms with E-state index in [0.717, 1.165) is 9.87 Å². The first-order chi connectivity index (χ1) is 20.2. The van der Waals surface area contributed by atoms with E-state index in [9.17, 15) is 28.0 Å². The normalized spacial score (nSPS) is 25.0. The molecule has 14 heteroatoms. The number of nitrogens with zero attached hydrogens (tertiary/aromatic N) is 2. The van der Waals surface area contributed by atoms with Gasteiger partial charge in [0.2, 0.25) is 15.9 Å². The van der Waals surface area contributed by atoms with Crippen LogP contribution in [0.4, 0.5) is 10.5 Å². The number of alkyl carbamates (subject to hydrolysis) is 1. The van der Waals surface area contributed by atoms with Crippen LogP contribution in [0.15, 0.2) is 64.7 Å². The van der Waals surface area contributed by atoms with Gasteiger partial charge in [0.05, 0.1) is 36.2 Å². The summed E-state index contributed by atoms with van der Waals surface area (Å²) in [4.78, 5) is 35.6. The molecule has 1 unspecified atom stereocenters. The first-order valence-electron chi connectivity index (χ1n) is 13.9. The molecule has 13 nitrogen and oxygen atoms in total. The zero-order chi connectivity index (χ0) is 29.7. The maximum absolute atomic E-state index is 13.7. The van der Waals surface area contributed by atoms with Crippen LogP contribution in [0.2, 0.25) is 0 Å². The number of hydrogen-bond acceptors (Lipinski definition) is 10. The van der Waals surface area contributed by atoms with Crippen LogP contribution in [0.1, 0.15) is 24.8 Å². The average Bonchev–Trinajstić information content (AvgIpc) is 3.72. The van der Waals surface area contributed by atoms with Crippen LogP contribution >= 0.6 is 0 Å². The van der Waals surface area contributed by atoms with Crippen LogP contribution < -0.4 is 10.6 Å². The molecule has 0 spiro atoms. The van der Waals surface area contributed by atoms with Crippen molar-refractivity contribution in [1.82, 2.24) is 14.9 Å². The molecule has 0 saturated carbocycles. The molecule has 2 aromatic rings. The van der Waals surface area contributed by atoms with E-state index in [1.54, 1.807) is 0 Å². The van der Waals surface area contributed by atoms with Gasteiger partial charge in [-0.15, -0.1) is 4.91 Å². The number of rotatable bonds is 12. The minimum atomic E-state index is -4.19. The second kappa shape index (κ2) is 13.3. The van der Waals surface area contributed by atoms with Crippen molar-refractivity contribution in [2.45, 2.75) is 61.2 Å². The van der Waals surface area contributed by atoms with Gasteiger partial charge >= 0.3 is 6.09 Å². The number of aliphatic hydroxyl groups is 1. The lowest BCUT2D eigenvalue weighted by atomic mass is 10.0. The first-order valence-corrected chi connectivity index (χ1v) is 15.3. The Balaban J connectivity index is 1.35. The third-order valence-electron chi connectivity index (χ3n) is 7.79. The molecule has 5 rings (SSSR count). The molecule has 3 heterocycles. The summed E-state index contributed by atoms with van der Waals surface area (Å²) in [6, 6.07) is 12.9. The Bertz CT molecular complexity index is 1360. The summed E-state index contributed by atoms with van der Waals surface area (Å²) in [5.41, 5.74) is 0.877. The van der Waals surface area contributed by atoms with Gasteiger partial charge in [-0.1, -0.05) is 30.3 Å². The van der Waals surface area contributed by atoms with E-state index < -0.39 is 46.7 Å². The van der Waals surface area contributed by atoms with Crippen LogP contribution in [0.3, 0.4) is 0 Å². The largest absolute Gasteiger partial charge is 0.443 e. The number of ether oxygens (including phenoxy) is 3. The minimum Gasteiger partial charge on any atom is -0.443 e. The Morgan fingerprint density at radius 2 is 1.90 bits per heavy atom. The van der Waals surface area contributed by atoms with E-state index >= 15 is 0 Å². The molecule has 0 bridgehead atoms. The molecule has 0 radical (unpaired) electrons. The molecule has 2 amide bonds. The fourth-order valence-corrected chi connectivity index (χ4v) is 7.02. The third-order valence-corrected chi connectivity index (χ3v) is 9.64. The molecule has 3 aliphatic rings. The number of carbonyl (C=O) groups excluding carboxylic acids is 2. The predicted molar refractivity (Wildman–Crippen MR) is 149 cm³/mol. The number of amides is 2. The van der Waals surface area contributed by atoms with Crippen LogP contribution in [0.25, 0.3) is 0 Å². The second-order valence-electron chi connectivity index (χ2n) is 10.7. The van der Waals surface area contributed by atoms with Crippen molar-refractivity contribution < 1.29 is 37.3 Å². The Morgan fingerprint density at radius 1 is 1.14 bits per heavy atom. The SMILES string of the molecule is O=Nc1ccc(S(=O)(=O)N(C[C@H]2CCC(=O)N2)C[C@@H](O)[C@H](Cc2ccccc2)NC(=O)OC2CO[C@H]3OCC[C@@H]23)cc1. The van der Waals surface area contributed by atoms with Crippen molar-refractivity contribution >= 4 is 27.7 Å². The topological polar surface area (TPSA) is 173 Å². The smallest absolute Gasteiger partial charge is 0.407 e. The van der Waals surface area contributed by atoms with E-state index in [4.69, 9.17) is 14.2 Å². The van der Waals surface area contributed by atoms with E-state index in [1.807, 2.05) is 30.3 Å². The van der Waals surface area contributed by atoms with E-state index in [-0.39, 0.29) is 54.9 Å². The number of nitroso groups, excluding NO2 is 1. The summed E-state index contributed by atoms with van der Waals surface area (Å²) in [7, 11) is -4.19. The maximum atomic E-state index is 13.7. The molecule has 6 atom stereocenters. The van der Waals surface area contributed by atoms with Gasteiger partial charge in [0.15, 0.2) is 6.29 Å². The number of nitrogens with one attached hydrogen (secondary N) is 2. The van der Waals surface area contributed by atoms with Crippen LogP contribution in [0, 0.1) is 10.8 Å². The molecule has 226 valence electrons. The molecule has 3 fully saturated rings. The lowest BCUT2D eigenvalue weighted by molar-refractivity contribution is -0.119. The summed E-state index contributed by atoms with van der Waals surface area (Å²) < 4.78 is 45.2. The summed E-state index contributed by atoms with van der Waals surface area (Å²) in [5.74, 6) is -0.257. The van der Waals surface area contributed by atoms with Gasteiger partial charge < -0.3 is 30.0 Å². The summed E-state index contributed by atoms with van der Waals surface area (Å²) in [5, 5.41) is 19.8. The lowest BCUT2D eigenvalue weighted by Gasteiger charge is -2.31. The van der Waals surface area contributed by atoms with Gasteiger partial charge in [0.25, 0.3) is 0 Å². The number of benzene rings is 2. The quantitative estimate of drug-likeness (QED) is 0.306. The number of sulfonamides is 1. The molecule has 0 aromatic heterocycles. The van der Waals surface area contributed by atoms with Crippen molar-refractivity contribution in [3.63, 3.8) is 0 Å². The van der Waals surface area contributed by atoms with Crippen LogP contribution in [-0.2, 0) is 35.4 Å². The monoisotopic (exact) mass is 602 g/mol. The molecule has 42 heavy (non-hydrogen) atoms. The van der Waals surface area contributed by atoms with Gasteiger partial charge in [-0.2, -0.15) is 4.31 Å². The first kappa shape index (κ1) is 30.0. The minimum absolute atomic E-state index is 0.0670. The molecular formula is C28H34N4O9S. The van der Waals surface area contributed by atoms with Gasteiger partial charge in [-0.25, -0.2) is 13.2 Å². The highest BCUT2D eigenvalue weighted by Crippen LogP contribution is 2.33. The molecule has 0 aliphatic carbocycles. The highest BCUT2D eigenvalue weighted by molar-refractivity contribution is 7.89. The Kier molecular flexibility index (Phi) is 9.48. The summed E-state index contributed by atoms with van der Waals surface area (Å²) in [6.07, 6.45) is -1.42. The van der Waals surface area contributed by atoms with Gasteiger partial charge in [0, 0.05) is 25.6 Å². The Morgan fingerprint density at radius 3 is 2.60 bits per heavy atom. The Labute approximate surface area is 243 Å². The summed E-state index contributed by atoms with van der Waals surface area (Å²) in [6.45, 7) is 0.244. The van der Waals surface area contributed by atoms with Crippen molar-refractivity contribution in [1.29, 1.82) is 0 Å². The van der Waals surface area contributed by atoms with E-state index in [2.05, 4.69) is 15.8 Å². The standard InChI is InChI=1S/C28H34N4O9S/c33-24(16-32(15-20-8-11-26(34)29-20)42(37,38)21-9-6-19(31-36)7-10-21)23(14-18-4-2-1-3-5-18)30-28(35)41-25-17-40-27-22(25)12-13-39-27/h1-7,9-10,20,22-25,27,33H,8,11-17H2,(H,29,34)(H,30,35)/t20-,22+,23+,24-,25?,27-/m1/s1. The molecule has 3 saturated heterocycles. The highest BCUT2D eigenvalue weighted by atomic mass is 32.2. The third kappa shape index (κ3) is 7.13. The zero-order valence-corrected chi connectivity index (χ0v) is 23.6. The molecule has 3 N–H and O–H groups in total. The number of hydrogen-bond donors (Lipinski definition) is 3. The van der Waals surface area contributed by atoms with Crippen LogP contribution in [0.5, 0.6) is 0 Å². The van der Waals surface area contributed by atoms with Crippen molar-refractivity contribution in [2.24, 2.45) is 11.1 Å². The maximum Gasteiger partial charge on any atom is 0.407 e. The van der Waals surface area contributed by atoms with Crippen LogP contribution in [-0.4, -0.2) is 86.7 Å². The summed E-state index contributed by atoms with van der Waals surface area (Å²) >= 11 is 0. The molecule has 2 aromatic carbocycles. The van der Waals surface area contributed by atoms with Crippen molar-refractivity contribution in [3.8, 4) is 0 Å². The number of aliphatic hydroxyl groups excluding tert-OH is 1. The number of fused-ring (bicyclic) bond motifs is 1. The average molecular weight is 603 g/mol. The van der Waals surface area contributed by atoms with Crippen molar-refractivity contribution in [2.75, 3.05) is 26.3 Å². The van der Waals surface area contributed by atoms with Gasteiger partial charge in [0.1, 0.15) is 11.8 Å². The highest BCUT2D eigenvalue weighted by Gasteiger charge is 2.44. The second-order valence-corrected chi connectivity index (χ2v) is 12.6.